The van der Waals surface area contributed by atoms with Gasteiger partial charge in [-0.2, -0.15) is 4.79 Å². The summed E-state index contributed by atoms with van der Waals surface area (Å²) < 4.78 is 8.06. The number of aliphatic hydroxyl groups excluding tert-OH is 1. The molecule has 0 aliphatic rings. The molecule has 14 nitrogen and oxygen atoms in total. The van der Waals surface area contributed by atoms with Gasteiger partial charge >= 0.3 is 42.4 Å². The average molecular weight is 755 g/mol. The van der Waals surface area contributed by atoms with Crippen LogP contribution in [-0.4, -0.2) is 76.9 Å². The summed E-state index contributed by atoms with van der Waals surface area (Å²) in [5, 5.41) is 23.8. The maximum absolute atomic E-state index is 11.0. The Bertz CT molecular complexity index is 1540. The van der Waals surface area contributed by atoms with Crippen LogP contribution in [0.25, 0.3) is 5.53 Å². The molecule has 0 saturated carbocycles. The molecular weight excluding hydrogens is 716 g/mol. The number of carbonyl (C=O) groups excluding carboxylic acids is 2. The molecule has 0 unspecified atom stereocenters. The molecule has 0 spiro atoms. The predicted octanol–water partition coefficient (Wildman–Crippen LogP) is 3.99. The van der Waals surface area contributed by atoms with E-state index >= 15 is 0 Å². The van der Waals surface area contributed by atoms with Gasteiger partial charge in [-0.15, -0.1) is 0 Å². The number of aromatic carboxylic acids is 1. The molecule has 4 rings (SSSR count). The zero-order valence-corrected chi connectivity index (χ0v) is 28.8. The molecule has 259 valence electrons. The van der Waals surface area contributed by atoms with Crippen LogP contribution in [0.1, 0.15) is 61.5 Å². The molecule has 0 bridgehead atoms. The number of ketones is 2. The van der Waals surface area contributed by atoms with E-state index in [1.54, 1.807) is 70.7 Å². The first-order valence-corrected chi connectivity index (χ1v) is 14.3. The van der Waals surface area contributed by atoms with Gasteiger partial charge in [0.05, 0.1) is 12.0 Å². The monoisotopic (exact) mass is 753 g/mol. The number of aliphatic carboxylic acids is 1. The van der Waals surface area contributed by atoms with Crippen molar-refractivity contribution in [1.82, 2.24) is 19.9 Å². The maximum atomic E-state index is 11.0. The molecule has 0 aliphatic carbocycles. The summed E-state index contributed by atoms with van der Waals surface area (Å²) in [6, 6.07) is 14.0. The molecule has 4 aromatic heterocycles. The minimum atomic E-state index is -0.937. The second kappa shape index (κ2) is 26.9. The van der Waals surface area contributed by atoms with Crippen molar-refractivity contribution in [3.05, 3.63) is 124 Å². The van der Waals surface area contributed by atoms with Crippen molar-refractivity contribution in [3.63, 3.8) is 0 Å². The Morgan fingerprint density at radius 2 is 1.04 bits per heavy atom. The molecule has 4 heterocycles. The molecule has 3 N–H and O–H groups in total. The van der Waals surface area contributed by atoms with E-state index in [2.05, 4.69) is 24.7 Å². The molecule has 0 radical (unpaired) electrons. The number of carboxylic acid groups (broad SMARTS) is 2. The predicted molar refractivity (Wildman–Crippen MR) is 171 cm³/mol. The summed E-state index contributed by atoms with van der Waals surface area (Å²) >= 11 is 1.70. The van der Waals surface area contributed by atoms with Crippen molar-refractivity contribution in [1.29, 1.82) is 0 Å². The summed E-state index contributed by atoms with van der Waals surface area (Å²) in [6.45, 7) is 9.02. The fourth-order valence-corrected chi connectivity index (χ4v) is 3.00. The molecule has 0 aromatic carbocycles. The first-order valence-electron chi connectivity index (χ1n) is 13.7. The second-order valence-corrected chi connectivity index (χ2v) is 9.36. The van der Waals surface area contributed by atoms with Crippen molar-refractivity contribution in [2.24, 2.45) is 0 Å². The summed E-state index contributed by atoms with van der Waals surface area (Å²) in [5.74, 6) is -1.94. The van der Waals surface area contributed by atoms with Gasteiger partial charge in [0.2, 0.25) is 0 Å². The molecule has 4 aromatic rings. The normalized spacial score (nSPS) is 8.77. The molecule has 0 aliphatic heterocycles. The Morgan fingerprint density at radius 3 is 1.33 bits per heavy atom. The summed E-state index contributed by atoms with van der Waals surface area (Å²) in [5.41, 5.74) is 14.0. The third-order valence-electron chi connectivity index (χ3n) is 5.28. The Kier molecular flexibility index (Phi) is 25.2. The van der Waals surface area contributed by atoms with Crippen LogP contribution in [0.5, 0.6) is 0 Å². The van der Waals surface area contributed by atoms with E-state index in [1.165, 1.54) is 18.5 Å². The number of Topliss-reactive ketones (excluding diaryl/α,β-unsaturated/α-hetero) is 2. The zero-order chi connectivity index (χ0) is 37.1. The van der Waals surface area contributed by atoms with Gasteiger partial charge in [-0.1, -0.05) is 12.1 Å². The number of carbonyl (C=O) groups is 4. The number of hydrogen-bond acceptors (Lipinski definition) is 10. The van der Waals surface area contributed by atoms with Crippen molar-refractivity contribution < 1.29 is 63.6 Å². The number of aryl methyl sites for hydroxylation is 4. The number of hydrogen-bond donors (Lipinski definition) is 3. The molecular formula is C33H38AgN6O8. The summed E-state index contributed by atoms with van der Waals surface area (Å²) in [4.78, 5) is 60.6. The van der Waals surface area contributed by atoms with E-state index in [-0.39, 0.29) is 23.6 Å². The summed E-state index contributed by atoms with van der Waals surface area (Å²) in [7, 11) is 1.00. The quantitative estimate of drug-likeness (QED) is 0.0799. The van der Waals surface area contributed by atoms with Gasteiger partial charge in [-0.05, 0) is 82.1 Å². The average Bonchev–Trinajstić information content (AvgIpc) is 3.06. The van der Waals surface area contributed by atoms with Crippen molar-refractivity contribution in [3.8, 4) is 0 Å². The van der Waals surface area contributed by atoms with Crippen LogP contribution in [0.4, 0.5) is 0 Å². The van der Waals surface area contributed by atoms with Gasteiger partial charge in [0.15, 0.2) is 0 Å². The van der Waals surface area contributed by atoms with Gasteiger partial charge in [-0.3, -0.25) is 34.3 Å². The zero-order valence-electron chi connectivity index (χ0n) is 27.3. The van der Waals surface area contributed by atoms with E-state index in [0.717, 1.165) is 47.2 Å². The van der Waals surface area contributed by atoms with Crippen molar-refractivity contribution >= 4 is 29.7 Å². The Morgan fingerprint density at radius 1 is 0.667 bits per heavy atom. The van der Waals surface area contributed by atoms with Crippen LogP contribution in [0.2, 0.25) is 0 Å². The van der Waals surface area contributed by atoms with E-state index < -0.39 is 11.9 Å². The Labute approximate surface area is 290 Å². The number of aliphatic hydroxyl groups is 1. The van der Waals surface area contributed by atoms with Gasteiger partial charge in [0.1, 0.15) is 5.78 Å². The topological polar surface area (TPSA) is 234 Å². The van der Waals surface area contributed by atoms with Crippen LogP contribution in [0.15, 0.2) is 73.3 Å². The summed E-state index contributed by atoms with van der Waals surface area (Å²) in [6.07, 6.45) is 7.50. The second-order valence-electron chi connectivity index (χ2n) is 9.36. The van der Waals surface area contributed by atoms with Crippen LogP contribution >= 0.6 is 0 Å². The van der Waals surface area contributed by atoms with E-state index in [4.69, 9.17) is 24.1 Å². The van der Waals surface area contributed by atoms with E-state index in [9.17, 15) is 19.2 Å². The van der Waals surface area contributed by atoms with Crippen molar-refractivity contribution in [2.75, 3.05) is 7.11 Å². The molecule has 48 heavy (non-hydrogen) atoms. The Balaban J connectivity index is 0. The molecule has 0 atom stereocenters. The standard InChI is InChI=1S/C9H11NO.C8H7N3O.C8H9NO2.C7H7NO2.CH4O.Ag.O/c1-7-3-4-9(6-10-7)5-8(2)11;1-6-2-3-7(4-10-6)8(12)5-11-9;1-6-2-3-7(5-9-6)4-8(10)11;1-5-2-3-6(4-8-5)7(9)10;1-2;;/h3-4,6H,5H2,1-2H3;2-5H,1H3;2-3,5H,4H2,1H3,(H,10,11);2-4H,1H3,(H,9,10);2H,1H3;;. The third-order valence-corrected chi connectivity index (χ3v) is 5.28. The van der Waals surface area contributed by atoms with Crippen LogP contribution in [0, 0.1) is 27.7 Å². The van der Waals surface area contributed by atoms with Crippen LogP contribution in [-0.2, 0) is 46.7 Å². The number of aromatic nitrogens is 4. The first kappa shape index (κ1) is 44.9. The Hall–Kier alpha value is -5.24. The van der Waals surface area contributed by atoms with Crippen LogP contribution < -0.4 is 0 Å². The molecule has 15 heteroatoms. The number of pyridine rings is 4. The minimum absolute atomic E-state index is 0.0489. The van der Waals surface area contributed by atoms with Gasteiger partial charge in [0, 0.05) is 66.7 Å². The van der Waals surface area contributed by atoms with Gasteiger partial charge < -0.3 is 20.9 Å². The molecule has 0 fully saturated rings. The molecule has 0 amide bonds. The number of carboxylic acids is 2. The van der Waals surface area contributed by atoms with E-state index in [1.807, 2.05) is 39.8 Å². The third kappa shape index (κ3) is 22.3. The van der Waals surface area contributed by atoms with E-state index in [0.29, 0.717) is 12.0 Å². The van der Waals surface area contributed by atoms with Crippen LogP contribution in [0.3, 0.4) is 0 Å². The number of rotatable bonds is 7. The number of nitrogens with zero attached hydrogens (tertiary/aromatic N) is 6. The van der Waals surface area contributed by atoms with Crippen molar-refractivity contribution in [2.45, 2.75) is 47.5 Å². The molecule has 0 saturated heterocycles. The fraction of sp³-hybridized carbons (Fsp3) is 0.242. The first-order chi connectivity index (χ1) is 22.8. The van der Waals surface area contributed by atoms with Gasteiger partial charge in [0.25, 0.3) is 5.78 Å². The van der Waals surface area contributed by atoms with Gasteiger partial charge in [-0.25, -0.2) is 4.79 Å². The fourth-order valence-electron chi connectivity index (χ4n) is 3.00. The SMILES string of the molecule is CC(=O)Cc1ccc(C)nc1.CO.Cc1ccc(C(=O)C=[N+]=[N-])cn1.Cc1ccc(C(=O)O)cn1.Cc1ccc(CC(=O)O)cn1.[O]=[Ag].